The van der Waals surface area contributed by atoms with Crippen LogP contribution in [0, 0.1) is 5.92 Å². The third-order valence-corrected chi connectivity index (χ3v) is 5.73. The molecule has 1 aromatic carbocycles. The maximum Gasteiger partial charge on any atom is 0.240 e. The molecule has 28 heavy (non-hydrogen) atoms. The van der Waals surface area contributed by atoms with Gasteiger partial charge in [-0.2, -0.15) is 0 Å². The van der Waals surface area contributed by atoms with Crippen LogP contribution in [-0.2, 0) is 9.59 Å². The monoisotopic (exact) mass is 395 g/mol. The number of piperidine rings is 1. The Morgan fingerprint density at radius 3 is 2.61 bits per heavy atom. The molecule has 0 unspecified atom stereocenters. The first-order valence-electron chi connectivity index (χ1n) is 9.27. The third kappa shape index (κ3) is 4.52. The molecule has 0 atom stereocenters. The number of amides is 2. The first-order chi connectivity index (χ1) is 13.7. The number of hydrogen-bond acceptors (Lipinski definition) is 6. The van der Waals surface area contributed by atoms with E-state index in [4.69, 9.17) is 0 Å². The summed E-state index contributed by atoms with van der Waals surface area (Å²) in [7, 11) is 0. The van der Waals surface area contributed by atoms with Gasteiger partial charge in [-0.05, 0) is 50.2 Å². The summed E-state index contributed by atoms with van der Waals surface area (Å²) >= 11 is 1.47. The number of para-hydroxylation sites is 1. The summed E-state index contributed by atoms with van der Waals surface area (Å²) < 4.78 is 1.05. The number of carbonyl (C=O) groups is 2. The zero-order chi connectivity index (χ0) is 19.3. The van der Waals surface area contributed by atoms with Crippen molar-refractivity contribution < 1.29 is 9.59 Å². The van der Waals surface area contributed by atoms with Crippen molar-refractivity contribution in [3.05, 3.63) is 48.7 Å². The Morgan fingerprint density at radius 1 is 1.07 bits per heavy atom. The van der Waals surface area contributed by atoms with Crippen LogP contribution in [0.2, 0.25) is 0 Å². The Labute approximate surface area is 166 Å². The summed E-state index contributed by atoms with van der Waals surface area (Å²) in [5, 5.41) is 6.36. The molecule has 0 spiro atoms. The van der Waals surface area contributed by atoms with E-state index in [2.05, 4.69) is 25.5 Å². The van der Waals surface area contributed by atoms with E-state index in [1.165, 1.54) is 11.3 Å². The number of carbonyl (C=O) groups excluding carboxylic acids is 2. The van der Waals surface area contributed by atoms with Gasteiger partial charge in [-0.25, -0.2) is 9.97 Å². The Morgan fingerprint density at radius 2 is 1.86 bits per heavy atom. The number of nitrogens with zero attached hydrogens (tertiary/aromatic N) is 3. The minimum atomic E-state index is -0.0737. The molecule has 0 saturated carbocycles. The molecule has 1 aliphatic heterocycles. The highest BCUT2D eigenvalue weighted by molar-refractivity contribution is 7.22. The third-order valence-electron chi connectivity index (χ3n) is 4.78. The summed E-state index contributed by atoms with van der Waals surface area (Å²) in [6, 6.07) is 13.2. The quantitative estimate of drug-likeness (QED) is 0.694. The SMILES string of the molecule is O=C(CN1CCC(C(=O)Nc2ccccn2)CC1)Nc1nc2ccccc2s1. The number of aromatic nitrogens is 2. The van der Waals surface area contributed by atoms with Gasteiger partial charge in [0.25, 0.3) is 0 Å². The van der Waals surface area contributed by atoms with Gasteiger partial charge in [0, 0.05) is 12.1 Å². The van der Waals surface area contributed by atoms with Crippen molar-refractivity contribution in [1.29, 1.82) is 0 Å². The topological polar surface area (TPSA) is 87.2 Å². The Bertz CT molecular complexity index is 934. The number of fused-ring (bicyclic) bond motifs is 1. The summed E-state index contributed by atoms with van der Waals surface area (Å²) in [4.78, 5) is 35.3. The predicted molar refractivity (Wildman–Crippen MR) is 110 cm³/mol. The van der Waals surface area contributed by atoms with Gasteiger partial charge < -0.3 is 10.6 Å². The van der Waals surface area contributed by atoms with Crippen molar-refractivity contribution >= 4 is 44.3 Å². The fourth-order valence-electron chi connectivity index (χ4n) is 3.31. The number of benzene rings is 1. The molecule has 0 aliphatic carbocycles. The lowest BCUT2D eigenvalue weighted by atomic mass is 9.96. The molecule has 1 saturated heterocycles. The van der Waals surface area contributed by atoms with E-state index in [1.807, 2.05) is 36.4 Å². The van der Waals surface area contributed by atoms with Crippen molar-refractivity contribution in [2.75, 3.05) is 30.3 Å². The number of likely N-dealkylation sites (tertiary alicyclic amines) is 1. The molecule has 4 rings (SSSR count). The number of pyridine rings is 1. The van der Waals surface area contributed by atoms with Crippen LogP contribution in [0.25, 0.3) is 10.2 Å². The number of thiazole rings is 1. The van der Waals surface area contributed by atoms with E-state index >= 15 is 0 Å². The van der Waals surface area contributed by atoms with Crippen molar-refractivity contribution in [3.8, 4) is 0 Å². The minimum Gasteiger partial charge on any atom is -0.310 e. The molecular weight excluding hydrogens is 374 g/mol. The highest BCUT2D eigenvalue weighted by Gasteiger charge is 2.26. The lowest BCUT2D eigenvalue weighted by Crippen LogP contribution is -2.41. The van der Waals surface area contributed by atoms with Crippen LogP contribution < -0.4 is 10.6 Å². The lowest BCUT2D eigenvalue weighted by molar-refractivity contribution is -0.121. The highest BCUT2D eigenvalue weighted by atomic mass is 32.1. The Hall–Kier alpha value is -2.84. The van der Waals surface area contributed by atoms with Gasteiger partial charge in [-0.3, -0.25) is 14.5 Å². The summed E-state index contributed by atoms with van der Waals surface area (Å²) in [6.45, 7) is 1.74. The zero-order valence-corrected chi connectivity index (χ0v) is 16.1. The first-order valence-corrected chi connectivity index (χ1v) is 10.1. The molecule has 2 aromatic heterocycles. The van der Waals surface area contributed by atoms with E-state index in [9.17, 15) is 9.59 Å². The fourth-order valence-corrected chi connectivity index (χ4v) is 4.19. The summed E-state index contributed by atoms with van der Waals surface area (Å²) in [6.07, 6.45) is 3.11. The molecule has 2 N–H and O–H groups in total. The number of anilines is 2. The molecule has 0 radical (unpaired) electrons. The van der Waals surface area contributed by atoms with E-state index in [-0.39, 0.29) is 17.7 Å². The predicted octanol–water partition coefficient (Wildman–Crippen LogP) is 2.98. The van der Waals surface area contributed by atoms with Gasteiger partial charge in [-0.15, -0.1) is 0 Å². The second kappa shape index (κ2) is 8.45. The second-order valence-electron chi connectivity index (χ2n) is 6.79. The van der Waals surface area contributed by atoms with E-state index in [0.29, 0.717) is 30.6 Å². The standard InChI is InChI=1S/C20H21N5O2S/c26-18(24-20-22-15-5-1-2-6-16(15)28-20)13-25-11-8-14(9-12-25)19(27)23-17-7-3-4-10-21-17/h1-7,10,14H,8-9,11-13H2,(H,21,23,27)(H,22,24,26). The van der Waals surface area contributed by atoms with E-state index < -0.39 is 0 Å². The fraction of sp³-hybridized carbons (Fsp3) is 0.300. The molecule has 2 amide bonds. The summed E-state index contributed by atoms with van der Waals surface area (Å²) in [5.41, 5.74) is 0.891. The van der Waals surface area contributed by atoms with Crippen molar-refractivity contribution in [2.24, 2.45) is 5.92 Å². The second-order valence-corrected chi connectivity index (χ2v) is 7.82. The number of rotatable bonds is 5. The van der Waals surface area contributed by atoms with Gasteiger partial charge in [-0.1, -0.05) is 29.5 Å². The first kappa shape index (κ1) is 18.5. The average molecular weight is 395 g/mol. The Balaban J connectivity index is 1.24. The molecule has 3 heterocycles. The van der Waals surface area contributed by atoms with Crippen LogP contribution in [0.4, 0.5) is 10.9 Å². The van der Waals surface area contributed by atoms with Gasteiger partial charge in [0.1, 0.15) is 5.82 Å². The maximum absolute atomic E-state index is 12.4. The highest BCUT2D eigenvalue weighted by Crippen LogP contribution is 2.25. The smallest absolute Gasteiger partial charge is 0.240 e. The normalized spacial score (nSPS) is 15.4. The minimum absolute atomic E-state index is 0.00252. The van der Waals surface area contributed by atoms with Gasteiger partial charge >= 0.3 is 0 Å². The zero-order valence-electron chi connectivity index (χ0n) is 15.3. The van der Waals surface area contributed by atoms with Gasteiger partial charge in [0.05, 0.1) is 16.8 Å². The average Bonchev–Trinajstić information content (AvgIpc) is 3.11. The molecular formula is C20H21N5O2S. The maximum atomic E-state index is 12.4. The van der Waals surface area contributed by atoms with Crippen LogP contribution in [0.1, 0.15) is 12.8 Å². The van der Waals surface area contributed by atoms with Gasteiger partial charge in [0.2, 0.25) is 11.8 Å². The summed E-state index contributed by atoms with van der Waals surface area (Å²) in [5.74, 6) is 0.448. The largest absolute Gasteiger partial charge is 0.310 e. The van der Waals surface area contributed by atoms with Crippen molar-refractivity contribution in [3.63, 3.8) is 0 Å². The van der Waals surface area contributed by atoms with Crippen molar-refractivity contribution in [2.45, 2.75) is 12.8 Å². The van der Waals surface area contributed by atoms with E-state index in [1.54, 1.807) is 12.3 Å². The lowest BCUT2D eigenvalue weighted by Gasteiger charge is -2.30. The van der Waals surface area contributed by atoms with Crippen LogP contribution in [0.3, 0.4) is 0 Å². The van der Waals surface area contributed by atoms with Crippen LogP contribution in [-0.4, -0.2) is 46.3 Å². The van der Waals surface area contributed by atoms with E-state index in [0.717, 1.165) is 23.1 Å². The van der Waals surface area contributed by atoms with Gasteiger partial charge in [0.15, 0.2) is 5.13 Å². The molecule has 8 heteroatoms. The van der Waals surface area contributed by atoms with Crippen LogP contribution in [0.5, 0.6) is 0 Å². The van der Waals surface area contributed by atoms with Crippen LogP contribution >= 0.6 is 11.3 Å². The van der Waals surface area contributed by atoms with Crippen molar-refractivity contribution in [1.82, 2.24) is 14.9 Å². The number of nitrogens with one attached hydrogen (secondary N) is 2. The molecule has 144 valence electrons. The molecule has 1 fully saturated rings. The molecule has 1 aliphatic rings. The number of hydrogen-bond donors (Lipinski definition) is 2. The molecule has 3 aromatic rings. The molecule has 0 bridgehead atoms. The Kier molecular flexibility index (Phi) is 5.59. The van der Waals surface area contributed by atoms with Crippen LogP contribution in [0.15, 0.2) is 48.7 Å². The molecule has 7 nitrogen and oxygen atoms in total.